The molecule has 0 amide bonds. The van der Waals surface area contributed by atoms with Crippen LogP contribution in [0.5, 0.6) is 11.5 Å². The van der Waals surface area contributed by atoms with E-state index in [1.54, 1.807) is 48.6 Å². The number of rotatable bonds is 9. The molecule has 1 aliphatic rings. The fourth-order valence-corrected chi connectivity index (χ4v) is 6.12. The largest absolute Gasteiger partial charge is 0.493 e. The zero-order valence-corrected chi connectivity index (χ0v) is 25.0. The van der Waals surface area contributed by atoms with E-state index in [4.69, 9.17) is 25.6 Å². The maximum atomic E-state index is 14.1. The summed E-state index contributed by atoms with van der Waals surface area (Å²) in [5.74, 6) is 2.93. The quantitative estimate of drug-likeness (QED) is 0.159. The van der Waals surface area contributed by atoms with E-state index >= 15 is 0 Å². The van der Waals surface area contributed by atoms with Crippen LogP contribution in [0.2, 0.25) is 0 Å². The highest BCUT2D eigenvalue weighted by Crippen LogP contribution is 2.36. The standard InChI is InChI=1S/C33H28N2O5S2/c1-5-18-40-25-17-12-21(19-26(25)38-3)20-27-31(36)35-30(23-13-15-24(41-4)16-14-23)28(32(37)39-6-2)29(34-33(35)42-27)22-10-8-7-9-11-22/h1,7-17,19-20,30H,6,18H2,2-4H3/b27-20-/t30-/m0/s1. The Labute approximate surface area is 251 Å². The number of esters is 1. The van der Waals surface area contributed by atoms with Crippen LogP contribution >= 0.6 is 23.1 Å². The summed E-state index contributed by atoms with van der Waals surface area (Å²) in [5, 5.41) is 0. The lowest BCUT2D eigenvalue weighted by atomic mass is 9.93. The average Bonchev–Trinajstić information content (AvgIpc) is 3.34. The number of benzene rings is 3. The molecular weight excluding hydrogens is 569 g/mol. The van der Waals surface area contributed by atoms with Crippen molar-refractivity contribution in [3.05, 3.63) is 115 Å². The second-order valence-corrected chi connectivity index (χ2v) is 11.0. The summed E-state index contributed by atoms with van der Waals surface area (Å²) < 4.78 is 18.6. The lowest BCUT2D eigenvalue weighted by molar-refractivity contribution is -0.138. The van der Waals surface area contributed by atoms with Crippen LogP contribution in [0.25, 0.3) is 11.8 Å². The SMILES string of the molecule is C#CCOc1ccc(/C=c2\sc3n(c2=O)[C@@H](c2ccc(SC)cc2)C(C(=O)OCC)=C(c2ccccc2)N=3)cc1OC. The number of hydrogen-bond acceptors (Lipinski definition) is 8. The first-order valence-electron chi connectivity index (χ1n) is 13.2. The Morgan fingerprint density at radius 2 is 1.88 bits per heavy atom. The Kier molecular flexibility index (Phi) is 8.96. The Bertz CT molecular complexity index is 1870. The number of nitrogens with zero attached hydrogens (tertiary/aromatic N) is 2. The molecule has 0 bridgehead atoms. The van der Waals surface area contributed by atoms with E-state index in [1.165, 1.54) is 11.3 Å². The average molecular weight is 597 g/mol. The molecule has 9 heteroatoms. The van der Waals surface area contributed by atoms with Crippen molar-refractivity contribution < 1.29 is 19.0 Å². The molecular formula is C33H28N2O5S2. The number of fused-ring (bicyclic) bond motifs is 1. The minimum atomic E-state index is -0.734. The summed E-state index contributed by atoms with van der Waals surface area (Å²) >= 11 is 2.88. The van der Waals surface area contributed by atoms with Crippen LogP contribution in [-0.4, -0.2) is 37.1 Å². The van der Waals surface area contributed by atoms with Crippen molar-refractivity contribution >= 4 is 40.8 Å². The summed E-state index contributed by atoms with van der Waals surface area (Å²) in [6, 6.07) is 22.0. The van der Waals surface area contributed by atoms with Crippen LogP contribution in [0.4, 0.5) is 0 Å². The summed E-state index contributed by atoms with van der Waals surface area (Å²) in [6.07, 6.45) is 9.10. The maximum Gasteiger partial charge on any atom is 0.338 e. The third-order valence-corrected chi connectivity index (χ3v) is 8.33. The Morgan fingerprint density at radius 1 is 1.12 bits per heavy atom. The fraction of sp³-hybridized carbons (Fsp3) is 0.182. The van der Waals surface area contributed by atoms with E-state index in [0.717, 1.165) is 21.6 Å². The van der Waals surface area contributed by atoms with Crippen molar-refractivity contribution in [1.29, 1.82) is 0 Å². The molecule has 3 aromatic carbocycles. The third kappa shape index (κ3) is 5.77. The third-order valence-electron chi connectivity index (χ3n) is 6.60. The van der Waals surface area contributed by atoms with Gasteiger partial charge in [0.2, 0.25) is 0 Å². The predicted molar refractivity (Wildman–Crippen MR) is 167 cm³/mol. The van der Waals surface area contributed by atoms with E-state index in [-0.39, 0.29) is 18.8 Å². The van der Waals surface area contributed by atoms with Gasteiger partial charge in [-0.3, -0.25) is 9.36 Å². The van der Waals surface area contributed by atoms with Gasteiger partial charge in [-0.2, -0.15) is 0 Å². The number of carbonyl (C=O) groups is 1. The molecule has 7 nitrogen and oxygen atoms in total. The molecule has 1 aliphatic heterocycles. The first-order chi connectivity index (χ1) is 20.5. The first-order valence-corrected chi connectivity index (χ1v) is 15.2. The van der Waals surface area contributed by atoms with Crippen molar-refractivity contribution in [2.75, 3.05) is 26.6 Å². The highest BCUT2D eigenvalue weighted by Gasteiger charge is 2.35. The topological polar surface area (TPSA) is 79.1 Å². The molecule has 1 aromatic heterocycles. The van der Waals surface area contributed by atoms with Crippen LogP contribution in [-0.2, 0) is 9.53 Å². The van der Waals surface area contributed by atoms with Gasteiger partial charge in [0, 0.05) is 10.5 Å². The molecule has 5 rings (SSSR count). The molecule has 42 heavy (non-hydrogen) atoms. The summed E-state index contributed by atoms with van der Waals surface area (Å²) in [4.78, 5) is 34.1. The molecule has 0 spiro atoms. The predicted octanol–water partition coefficient (Wildman–Crippen LogP) is 4.68. The first kappa shape index (κ1) is 29.0. The van der Waals surface area contributed by atoms with E-state index < -0.39 is 12.0 Å². The van der Waals surface area contributed by atoms with Crippen molar-refractivity contribution in [2.45, 2.75) is 17.9 Å². The van der Waals surface area contributed by atoms with Crippen LogP contribution in [0.15, 0.2) is 93.1 Å². The van der Waals surface area contributed by atoms with E-state index in [9.17, 15) is 9.59 Å². The van der Waals surface area contributed by atoms with Gasteiger partial charge in [0.15, 0.2) is 16.3 Å². The van der Waals surface area contributed by atoms with Gasteiger partial charge in [0.05, 0.1) is 35.6 Å². The number of hydrogen-bond donors (Lipinski definition) is 0. The molecule has 0 N–H and O–H groups in total. The second-order valence-electron chi connectivity index (χ2n) is 9.11. The highest BCUT2D eigenvalue weighted by atomic mass is 32.2. The molecule has 0 unspecified atom stereocenters. The van der Waals surface area contributed by atoms with E-state index in [0.29, 0.717) is 32.1 Å². The van der Waals surface area contributed by atoms with Gasteiger partial charge in [-0.05, 0) is 54.6 Å². The zero-order chi connectivity index (χ0) is 29.6. The zero-order valence-electron chi connectivity index (χ0n) is 23.3. The van der Waals surface area contributed by atoms with Gasteiger partial charge in [-0.25, -0.2) is 9.79 Å². The second kappa shape index (κ2) is 13.0. The highest BCUT2D eigenvalue weighted by molar-refractivity contribution is 7.98. The molecule has 0 saturated carbocycles. The Morgan fingerprint density at radius 3 is 2.55 bits per heavy atom. The van der Waals surface area contributed by atoms with Gasteiger partial charge in [0.25, 0.3) is 5.56 Å². The lowest BCUT2D eigenvalue weighted by Crippen LogP contribution is -2.40. The molecule has 0 saturated heterocycles. The van der Waals surface area contributed by atoms with Gasteiger partial charge in [-0.1, -0.05) is 65.8 Å². The molecule has 1 atom stereocenters. The minimum Gasteiger partial charge on any atom is -0.493 e. The fourth-order valence-electron chi connectivity index (χ4n) is 4.71. The lowest BCUT2D eigenvalue weighted by Gasteiger charge is -2.26. The molecule has 0 radical (unpaired) electrons. The molecule has 0 fully saturated rings. The van der Waals surface area contributed by atoms with Gasteiger partial charge < -0.3 is 14.2 Å². The number of thiazole rings is 1. The van der Waals surface area contributed by atoms with Crippen LogP contribution < -0.4 is 24.4 Å². The van der Waals surface area contributed by atoms with Crippen LogP contribution in [0.1, 0.15) is 29.7 Å². The van der Waals surface area contributed by atoms with Crippen molar-refractivity contribution in [3.8, 4) is 23.8 Å². The summed E-state index contributed by atoms with van der Waals surface area (Å²) in [5.41, 5.74) is 2.81. The summed E-state index contributed by atoms with van der Waals surface area (Å²) in [7, 11) is 1.54. The number of ether oxygens (including phenoxy) is 3. The van der Waals surface area contributed by atoms with Gasteiger partial charge >= 0.3 is 5.97 Å². The monoisotopic (exact) mass is 596 g/mol. The van der Waals surface area contributed by atoms with E-state index in [2.05, 4.69) is 5.92 Å². The Balaban J connectivity index is 1.75. The van der Waals surface area contributed by atoms with Crippen molar-refractivity contribution in [3.63, 3.8) is 0 Å². The molecule has 4 aromatic rings. The van der Waals surface area contributed by atoms with Crippen LogP contribution in [0, 0.1) is 12.3 Å². The normalized spacial score (nSPS) is 14.5. The number of methoxy groups -OCH3 is 1. The van der Waals surface area contributed by atoms with Crippen LogP contribution in [0.3, 0.4) is 0 Å². The maximum absolute atomic E-state index is 14.1. The molecule has 212 valence electrons. The van der Waals surface area contributed by atoms with Gasteiger partial charge in [-0.15, -0.1) is 18.2 Å². The van der Waals surface area contributed by atoms with E-state index in [1.807, 2.05) is 66.9 Å². The van der Waals surface area contributed by atoms with Crippen molar-refractivity contribution in [2.24, 2.45) is 4.99 Å². The number of thioether (sulfide) groups is 1. The smallest absolute Gasteiger partial charge is 0.338 e. The minimum absolute atomic E-state index is 0.110. The molecule has 0 aliphatic carbocycles. The summed E-state index contributed by atoms with van der Waals surface area (Å²) in [6.45, 7) is 2.06. The Hall–Kier alpha value is -4.52. The number of terminal acetylenes is 1. The number of aromatic nitrogens is 1. The molecule has 2 heterocycles. The van der Waals surface area contributed by atoms with Crippen molar-refractivity contribution in [1.82, 2.24) is 4.57 Å². The number of carbonyl (C=O) groups excluding carboxylic acids is 1. The van der Waals surface area contributed by atoms with Gasteiger partial charge in [0.1, 0.15) is 6.61 Å².